The number of urea groups is 1. The first-order valence-corrected chi connectivity index (χ1v) is 12.4. The van der Waals surface area contributed by atoms with Crippen molar-refractivity contribution in [1.82, 2.24) is 14.8 Å². The molecule has 3 amide bonds. The van der Waals surface area contributed by atoms with Crippen molar-refractivity contribution in [3.63, 3.8) is 0 Å². The van der Waals surface area contributed by atoms with Crippen LogP contribution in [0.3, 0.4) is 0 Å². The molecular formula is C27H29F3N4O2. The highest BCUT2D eigenvalue weighted by molar-refractivity contribution is 5.90. The molecule has 9 heteroatoms. The summed E-state index contributed by atoms with van der Waals surface area (Å²) < 4.78 is 38.8. The highest BCUT2D eigenvalue weighted by Gasteiger charge is 2.34. The third-order valence-electron chi connectivity index (χ3n) is 7.38. The van der Waals surface area contributed by atoms with Crippen molar-refractivity contribution in [3.05, 3.63) is 65.0 Å². The van der Waals surface area contributed by atoms with Gasteiger partial charge in [0.1, 0.15) is 0 Å². The number of carbonyl (C=O) groups excluding carboxylic acids is 2. The van der Waals surface area contributed by atoms with Gasteiger partial charge >= 0.3 is 12.2 Å². The standard InChI is InChI=1S/C27H29F3N4O2/c28-27(29,30)22-14-21-16-34(17-24(21)31-15-22)26(36)32-23-7-5-19(6-8-23)20-9-11-33(12-10-20)25(35)13-18-3-1-2-4-18/h5-9,14-15,18H,1-4,10-13,16-17H2,(H,32,36). The lowest BCUT2D eigenvalue weighted by Gasteiger charge is -2.28. The molecule has 0 atom stereocenters. The number of pyridine rings is 1. The molecule has 36 heavy (non-hydrogen) atoms. The second-order valence-corrected chi connectivity index (χ2v) is 9.86. The molecule has 1 fully saturated rings. The number of hydrogen-bond acceptors (Lipinski definition) is 3. The number of alkyl halides is 3. The van der Waals surface area contributed by atoms with Gasteiger partial charge in [0.15, 0.2) is 0 Å². The molecule has 0 saturated heterocycles. The molecule has 3 heterocycles. The van der Waals surface area contributed by atoms with Crippen molar-refractivity contribution in [2.24, 2.45) is 5.92 Å². The summed E-state index contributed by atoms with van der Waals surface area (Å²) in [5.41, 5.74) is 2.92. The van der Waals surface area contributed by atoms with Gasteiger partial charge < -0.3 is 15.1 Å². The van der Waals surface area contributed by atoms with E-state index in [9.17, 15) is 22.8 Å². The summed E-state index contributed by atoms with van der Waals surface area (Å²) in [6, 6.07) is 8.18. The van der Waals surface area contributed by atoms with Crippen LogP contribution < -0.4 is 5.32 Å². The number of hydrogen-bond donors (Lipinski definition) is 1. The zero-order chi connectivity index (χ0) is 25.3. The molecule has 0 spiro atoms. The molecule has 0 unspecified atom stereocenters. The van der Waals surface area contributed by atoms with E-state index < -0.39 is 11.7 Å². The maximum atomic E-state index is 12.9. The Bertz CT molecular complexity index is 1170. The molecule has 3 aliphatic rings. The Labute approximate surface area is 208 Å². The summed E-state index contributed by atoms with van der Waals surface area (Å²) in [4.78, 5) is 32.6. The van der Waals surface area contributed by atoms with Gasteiger partial charge in [-0.25, -0.2) is 4.79 Å². The van der Waals surface area contributed by atoms with Crippen LogP contribution in [0.5, 0.6) is 0 Å². The number of fused-ring (bicyclic) bond motifs is 1. The van der Waals surface area contributed by atoms with Gasteiger partial charge in [-0.05, 0) is 60.1 Å². The van der Waals surface area contributed by atoms with E-state index in [0.29, 0.717) is 35.8 Å². The molecule has 1 aliphatic carbocycles. The van der Waals surface area contributed by atoms with Gasteiger partial charge in [-0.15, -0.1) is 0 Å². The quantitative estimate of drug-likeness (QED) is 0.576. The van der Waals surface area contributed by atoms with Crippen LogP contribution in [-0.4, -0.2) is 39.8 Å². The van der Waals surface area contributed by atoms with Gasteiger partial charge in [0.2, 0.25) is 5.91 Å². The number of carbonyl (C=O) groups is 2. The van der Waals surface area contributed by atoms with E-state index >= 15 is 0 Å². The summed E-state index contributed by atoms with van der Waals surface area (Å²) in [5.74, 6) is 0.804. The average molecular weight is 499 g/mol. The second-order valence-electron chi connectivity index (χ2n) is 9.86. The fourth-order valence-electron chi connectivity index (χ4n) is 5.28. The number of nitrogens with zero attached hydrogens (tertiary/aromatic N) is 3. The SMILES string of the molecule is O=C(CC1CCCC1)N1CC=C(c2ccc(NC(=O)N3Cc4cc(C(F)(F)F)cnc4C3)cc2)CC1. The fraction of sp³-hybridized carbons (Fsp3) is 0.444. The zero-order valence-electron chi connectivity index (χ0n) is 20.0. The number of nitrogens with one attached hydrogen (secondary N) is 1. The van der Waals surface area contributed by atoms with E-state index in [2.05, 4.69) is 16.4 Å². The molecule has 1 aromatic heterocycles. The van der Waals surface area contributed by atoms with Crippen LogP contribution in [0.2, 0.25) is 0 Å². The summed E-state index contributed by atoms with van der Waals surface area (Å²) in [6.45, 7) is 1.59. The van der Waals surface area contributed by atoms with Crippen molar-refractivity contribution in [1.29, 1.82) is 0 Å². The first-order chi connectivity index (χ1) is 17.3. The minimum absolute atomic E-state index is 0.0824. The maximum Gasteiger partial charge on any atom is 0.417 e. The molecule has 5 rings (SSSR count). The van der Waals surface area contributed by atoms with Crippen LogP contribution in [0.15, 0.2) is 42.6 Å². The molecular weight excluding hydrogens is 469 g/mol. The number of benzene rings is 1. The molecule has 2 aliphatic heterocycles. The third-order valence-corrected chi connectivity index (χ3v) is 7.38. The van der Waals surface area contributed by atoms with E-state index in [-0.39, 0.29) is 25.0 Å². The summed E-state index contributed by atoms with van der Waals surface area (Å²) in [6.07, 6.45) is 4.73. The normalized spacial score (nSPS) is 18.2. The molecule has 1 aromatic carbocycles. The molecule has 2 aromatic rings. The molecule has 1 N–H and O–H groups in total. The van der Waals surface area contributed by atoms with E-state index in [1.165, 1.54) is 36.2 Å². The second kappa shape index (κ2) is 9.95. The lowest BCUT2D eigenvalue weighted by molar-refractivity contribution is -0.138. The minimum Gasteiger partial charge on any atom is -0.339 e. The van der Waals surface area contributed by atoms with E-state index in [0.717, 1.165) is 30.8 Å². The fourth-order valence-corrected chi connectivity index (χ4v) is 5.28. The summed E-state index contributed by atoms with van der Waals surface area (Å²) >= 11 is 0. The highest BCUT2D eigenvalue weighted by Crippen LogP contribution is 2.33. The lowest BCUT2D eigenvalue weighted by Crippen LogP contribution is -2.35. The maximum absolute atomic E-state index is 12.9. The Morgan fingerprint density at radius 2 is 1.81 bits per heavy atom. The predicted molar refractivity (Wildman–Crippen MR) is 130 cm³/mol. The van der Waals surface area contributed by atoms with Crippen LogP contribution in [0.4, 0.5) is 23.7 Å². The van der Waals surface area contributed by atoms with Gasteiger partial charge in [-0.1, -0.05) is 31.1 Å². The Hall–Kier alpha value is -3.36. The first-order valence-electron chi connectivity index (χ1n) is 12.4. The van der Waals surface area contributed by atoms with Crippen molar-refractivity contribution < 1.29 is 22.8 Å². The van der Waals surface area contributed by atoms with Crippen molar-refractivity contribution in [2.45, 2.75) is 57.8 Å². The largest absolute Gasteiger partial charge is 0.417 e. The van der Waals surface area contributed by atoms with Crippen LogP contribution in [0.25, 0.3) is 5.57 Å². The smallest absolute Gasteiger partial charge is 0.339 e. The van der Waals surface area contributed by atoms with Crippen molar-refractivity contribution in [2.75, 3.05) is 18.4 Å². The number of halogens is 3. The number of aromatic nitrogens is 1. The Balaban J connectivity index is 1.14. The number of rotatable bonds is 4. The van der Waals surface area contributed by atoms with Crippen LogP contribution in [0.1, 0.15) is 60.9 Å². The Morgan fingerprint density at radius 3 is 2.47 bits per heavy atom. The van der Waals surface area contributed by atoms with E-state index in [1.54, 1.807) is 0 Å². The third kappa shape index (κ3) is 5.39. The highest BCUT2D eigenvalue weighted by atomic mass is 19.4. The summed E-state index contributed by atoms with van der Waals surface area (Å²) in [7, 11) is 0. The van der Waals surface area contributed by atoms with Gasteiger partial charge in [-0.3, -0.25) is 9.78 Å². The van der Waals surface area contributed by atoms with E-state index in [1.807, 2.05) is 29.2 Å². The van der Waals surface area contributed by atoms with Gasteiger partial charge in [-0.2, -0.15) is 13.2 Å². The lowest BCUT2D eigenvalue weighted by atomic mass is 9.98. The Morgan fingerprint density at radius 1 is 1.06 bits per heavy atom. The molecule has 1 saturated carbocycles. The van der Waals surface area contributed by atoms with Gasteiger partial charge in [0.05, 0.1) is 17.8 Å². The Kier molecular flexibility index (Phi) is 6.73. The van der Waals surface area contributed by atoms with Crippen molar-refractivity contribution >= 4 is 23.2 Å². The predicted octanol–water partition coefficient (Wildman–Crippen LogP) is 5.84. The molecule has 0 bridgehead atoms. The van der Waals surface area contributed by atoms with Crippen molar-refractivity contribution in [3.8, 4) is 0 Å². The number of anilines is 1. The van der Waals surface area contributed by atoms with Gasteiger partial charge in [0, 0.05) is 37.9 Å². The number of amides is 3. The van der Waals surface area contributed by atoms with E-state index in [4.69, 9.17) is 0 Å². The molecule has 190 valence electrons. The monoisotopic (exact) mass is 498 g/mol. The van der Waals surface area contributed by atoms with Gasteiger partial charge in [0.25, 0.3) is 0 Å². The molecule has 0 radical (unpaired) electrons. The minimum atomic E-state index is -4.46. The first kappa shape index (κ1) is 24.3. The zero-order valence-corrected chi connectivity index (χ0v) is 20.0. The molecule has 6 nitrogen and oxygen atoms in total. The average Bonchev–Trinajstić information content (AvgIpc) is 3.53. The van der Waals surface area contributed by atoms with Crippen LogP contribution in [-0.2, 0) is 24.1 Å². The van der Waals surface area contributed by atoms with Crippen LogP contribution in [0, 0.1) is 5.92 Å². The summed E-state index contributed by atoms with van der Waals surface area (Å²) in [5, 5.41) is 2.81. The van der Waals surface area contributed by atoms with Crippen LogP contribution >= 0.6 is 0 Å². The topological polar surface area (TPSA) is 65.5 Å².